The number of anilines is 2. The molecule has 6 atom stereocenters. The fourth-order valence-corrected chi connectivity index (χ4v) is 10.5. The molecule has 2 unspecified atom stereocenters. The number of rotatable bonds is 11. The summed E-state index contributed by atoms with van der Waals surface area (Å²) in [6, 6.07) is 15.2. The molecule has 2 saturated heterocycles. The van der Waals surface area contributed by atoms with Crippen molar-refractivity contribution in [3.8, 4) is 0 Å². The van der Waals surface area contributed by atoms with Crippen molar-refractivity contribution in [2.45, 2.75) is 69.0 Å². The number of piperidine rings is 1. The van der Waals surface area contributed by atoms with Crippen LogP contribution in [0.2, 0.25) is 18.6 Å². The molecule has 3 N–H and O–H groups in total. The maximum absolute atomic E-state index is 16.3. The standard InChI is InChI=1S/C35H45FN6O4Si/c1-5-17-42-30-14-13-26(38-33(44)25-12-9-16-37-20-25)19-28(30)35(34(42)45)23(2)32(47(3,4)36)31(46-35)15-18-41-21-29(39-40-41)27(22-43)24-10-7-6-8-11-24/h5-8,10-11,13-14,19,21,23,25,27,31-32,37,43H,1,9,12,15-18,20,22H2,2-4H3,(H,38,44)/t23-,25?,27?,31+,32-,35+/m1/s1. The molecule has 2 aromatic carbocycles. The van der Waals surface area contributed by atoms with Gasteiger partial charge in [-0.05, 0) is 62.7 Å². The highest BCUT2D eigenvalue weighted by Crippen LogP contribution is 2.60. The summed E-state index contributed by atoms with van der Waals surface area (Å²) in [7, 11) is -3.37. The van der Waals surface area contributed by atoms with Gasteiger partial charge in [0, 0.05) is 48.5 Å². The van der Waals surface area contributed by atoms with E-state index in [-0.39, 0.29) is 36.8 Å². The molecule has 1 spiro atoms. The number of nitrogens with one attached hydrogen (secondary N) is 2. The summed E-state index contributed by atoms with van der Waals surface area (Å²) in [6.07, 6.45) is 5.11. The number of benzene rings is 2. The largest absolute Gasteiger partial charge is 0.395 e. The molecule has 0 radical (unpaired) electrons. The van der Waals surface area contributed by atoms with Gasteiger partial charge in [-0.1, -0.05) is 48.5 Å². The molecule has 250 valence electrons. The summed E-state index contributed by atoms with van der Waals surface area (Å²) in [5.41, 5.74) is 1.63. The quantitative estimate of drug-likeness (QED) is 0.154. The summed E-state index contributed by atoms with van der Waals surface area (Å²) in [5.74, 6) is -1.20. The van der Waals surface area contributed by atoms with E-state index in [1.165, 1.54) is 0 Å². The molecule has 10 nitrogen and oxygen atoms in total. The minimum absolute atomic E-state index is 0.0604. The minimum Gasteiger partial charge on any atom is -0.395 e. The van der Waals surface area contributed by atoms with Crippen molar-refractivity contribution in [3.05, 3.63) is 84.2 Å². The topological polar surface area (TPSA) is 122 Å². The minimum atomic E-state index is -3.37. The van der Waals surface area contributed by atoms with Crippen molar-refractivity contribution < 1.29 is 23.5 Å². The van der Waals surface area contributed by atoms with Crippen molar-refractivity contribution in [2.24, 2.45) is 11.8 Å². The maximum Gasteiger partial charge on any atom is 0.264 e. The summed E-state index contributed by atoms with van der Waals surface area (Å²) in [6.45, 7) is 11.3. The Morgan fingerprint density at radius 2 is 2.09 bits per heavy atom. The second kappa shape index (κ2) is 13.4. The number of carbonyl (C=O) groups excluding carboxylic acids is 2. The zero-order valence-electron chi connectivity index (χ0n) is 27.4. The number of fused-ring (bicyclic) bond motifs is 2. The lowest BCUT2D eigenvalue weighted by Crippen LogP contribution is -2.45. The second-order valence-corrected chi connectivity index (χ2v) is 17.4. The summed E-state index contributed by atoms with van der Waals surface area (Å²) in [4.78, 5) is 29.2. The van der Waals surface area contributed by atoms with Crippen molar-refractivity contribution >= 4 is 31.6 Å². The Morgan fingerprint density at radius 1 is 1.30 bits per heavy atom. The van der Waals surface area contributed by atoms with Crippen LogP contribution in [0, 0.1) is 11.8 Å². The van der Waals surface area contributed by atoms with Crippen LogP contribution in [0.25, 0.3) is 0 Å². The average molecular weight is 661 g/mol. The van der Waals surface area contributed by atoms with Gasteiger partial charge in [-0.2, -0.15) is 0 Å². The van der Waals surface area contributed by atoms with E-state index in [1.807, 2.05) is 61.7 Å². The summed E-state index contributed by atoms with van der Waals surface area (Å²) < 4.78 is 24.9. The van der Waals surface area contributed by atoms with Crippen LogP contribution in [-0.4, -0.2) is 72.7 Å². The Labute approximate surface area is 276 Å². The molecular formula is C35H45FN6O4Si. The lowest BCUT2D eigenvalue weighted by Gasteiger charge is -2.31. The number of hydrogen-bond acceptors (Lipinski definition) is 7. The Balaban J connectivity index is 1.29. The van der Waals surface area contributed by atoms with Crippen LogP contribution in [0.4, 0.5) is 15.5 Å². The number of hydrogen-bond donors (Lipinski definition) is 3. The number of aryl methyl sites for hydroxylation is 1. The van der Waals surface area contributed by atoms with E-state index in [9.17, 15) is 14.7 Å². The first kappa shape index (κ1) is 33.2. The highest BCUT2D eigenvalue weighted by molar-refractivity contribution is 6.72. The van der Waals surface area contributed by atoms with Crippen LogP contribution in [0.5, 0.6) is 0 Å². The van der Waals surface area contributed by atoms with Crippen molar-refractivity contribution in [1.82, 2.24) is 20.3 Å². The zero-order valence-corrected chi connectivity index (χ0v) is 28.4. The van der Waals surface area contributed by atoms with E-state index in [0.717, 1.165) is 24.9 Å². The molecular weight excluding hydrogens is 616 g/mol. The molecule has 6 rings (SSSR count). The molecule has 0 aliphatic carbocycles. The lowest BCUT2D eigenvalue weighted by atomic mass is 9.82. The van der Waals surface area contributed by atoms with E-state index >= 15 is 4.11 Å². The lowest BCUT2D eigenvalue weighted by molar-refractivity contribution is -0.145. The van der Waals surface area contributed by atoms with Gasteiger partial charge in [0.1, 0.15) is 0 Å². The van der Waals surface area contributed by atoms with Gasteiger partial charge in [-0.3, -0.25) is 14.3 Å². The number of amides is 2. The van der Waals surface area contributed by atoms with Crippen LogP contribution in [0.3, 0.4) is 0 Å². The molecule has 4 heterocycles. The Hall–Kier alpha value is -3.71. The van der Waals surface area contributed by atoms with Gasteiger partial charge < -0.3 is 29.5 Å². The Kier molecular flexibility index (Phi) is 9.48. The molecule has 12 heteroatoms. The van der Waals surface area contributed by atoms with Crippen molar-refractivity contribution in [2.75, 3.05) is 36.5 Å². The third-order valence-corrected chi connectivity index (χ3v) is 12.6. The van der Waals surface area contributed by atoms with E-state index in [2.05, 4.69) is 27.5 Å². The predicted octanol–water partition coefficient (Wildman–Crippen LogP) is 4.74. The van der Waals surface area contributed by atoms with Gasteiger partial charge in [0.15, 0.2) is 5.60 Å². The SMILES string of the molecule is C=CCN1C(=O)[C@@]2(O[C@@H](CCn3cc(C(CO)c4ccccc4)nn3)[C@H]([Si](C)(C)F)[C@H]2C)c2cc(NC(=O)C3CCCNC3)ccc21. The summed E-state index contributed by atoms with van der Waals surface area (Å²) >= 11 is 0. The number of halogens is 1. The number of ether oxygens (including phenoxy) is 1. The number of nitrogens with zero attached hydrogens (tertiary/aromatic N) is 4. The molecule has 1 aromatic heterocycles. The van der Waals surface area contributed by atoms with Crippen molar-refractivity contribution in [1.29, 1.82) is 0 Å². The molecule has 3 aliphatic heterocycles. The number of aromatic nitrogens is 3. The monoisotopic (exact) mass is 660 g/mol. The fraction of sp³-hybridized carbons (Fsp3) is 0.486. The van der Waals surface area contributed by atoms with E-state index in [0.29, 0.717) is 42.1 Å². The van der Waals surface area contributed by atoms with E-state index in [1.54, 1.807) is 28.8 Å². The molecule has 3 aromatic rings. The highest BCUT2D eigenvalue weighted by Gasteiger charge is 2.66. The van der Waals surface area contributed by atoms with Gasteiger partial charge >= 0.3 is 0 Å². The third-order valence-electron chi connectivity index (χ3n) is 10.1. The van der Waals surface area contributed by atoms with Crippen LogP contribution < -0.4 is 15.5 Å². The van der Waals surface area contributed by atoms with Gasteiger partial charge in [0.2, 0.25) is 14.3 Å². The molecule has 3 aliphatic rings. The van der Waals surface area contributed by atoms with Gasteiger partial charge in [-0.25, -0.2) is 0 Å². The van der Waals surface area contributed by atoms with Crippen LogP contribution in [0.1, 0.15) is 48.9 Å². The maximum atomic E-state index is 16.3. The van der Waals surface area contributed by atoms with Gasteiger partial charge in [0.05, 0.1) is 35.9 Å². The van der Waals surface area contributed by atoms with Crippen molar-refractivity contribution in [3.63, 3.8) is 0 Å². The molecule has 0 bridgehead atoms. The Morgan fingerprint density at radius 3 is 2.77 bits per heavy atom. The van der Waals surface area contributed by atoms with E-state index < -0.39 is 31.6 Å². The normalized spacial score (nSPS) is 26.4. The molecule has 47 heavy (non-hydrogen) atoms. The first-order valence-electron chi connectivity index (χ1n) is 16.6. The van der Waals surface area contributed by atoms with Gasteiger partial charge in [-0.15, -0.1) is 11.7 Å². The number of aliphatic hydroxyl groups is 1. The fourth-order valence-electron chi connectivity index (χ4n) is 7.92. The van der Waals surface area contributed by atoms with Gasteiger partial charge in [0.25, 0.3) is 5.91 Å². The molecule has 2 amide bonds. The first-order valence-corrected chi connectivity index (χ1v) is 19.6. The van der Waals surface area contributed by atoms with Crippen LogP contribution >= 0.6 is 0 Å². The number of aliphatic hydroxyl groups excluding tert-OH is 1. The van der Waals surface area contributed by atoms with E-state index in [4.69, 9.17) is 4.74 Å². The van der Waals surface area contributed by atoms with Crippen LogP contribution in [0.15, 0.2) is 67.4 Å². The summed E-state index contributed by atoms with van der Waals surface area (Å²) in [5, 5.41) is 25.1. The van der Waals surface area contributed by atoms with Crippen LogP contribution in [-0.2, 0) is 26.5 Å². The molecule has 0 saturated carbocycles. The highest BCUT2D eigenvalue weighted by atomic mass is 28.4. The molecule has 2 fully saturated rings. The number of carbonyl (C=O) groups is 2. The average Bonchev–Trinajstić information content (AvgIpc) is 3.72. The second-order valence-electron chi connectivity index (χ2n) is 13.6. The smallest absolute Gasteiger partial charge is 0.264 e. The first-order chi connectivity index (χ1) is 22.6. The predicted molar refractivity (Wildman–Crippen MR) is 181 cm³/mol. The third kappa shape index (κ3) is 6.19. The Bertz CT molecular complexity index is 1610. The zero-order chi connectivity index (χ0) is 33.3.